The summed E-state index contributed by atoms with van der Waals surface area (Å²) in [6.45, 7) is 5.15. The van der Waals surface area contributed by atoms with Crippen molar-refractivity contribution in [3.63, 3.8) is 0 Å². The molecule has 0 aliphatic heterocycles. The summed E-state index contributed by atoms with van der Waals surface area (Å²) in [7, 11) is 0. The van der Waals surface area contributed by atoms with E-state index in [0.717, 1.165) is 34.6 Å². The quantitative estimate of drug-likeness (QED) is 0.413. The molecule has 7 heteroatoms. The Morgan fingerprint density at radius 3 is 2.63 bits per heavy atom. The SMILES string of the molecule is CC(C)Cn1c(SCc2ncc(-c3ccccc3)o2)nnc1-c1ccco1. The minimum Gasteiger partial charge on any atom is -0.461 e. The van der Waals surface area contributed by atoms with Crippen molar-refractivity contribution in [2.75, 3.05) is 0 Å². The minimum absolute atomic E-state index is 0.459. The maximum atomic E-state index is 5.88. The molecule has 0 atom stereocenters. The van der Waals surface area contributed by atoms with Crippen molar-refractivity contribution in [2.45, 2.75) is 31.3 Å². The maximum absolute atomic E-state index is 5.88. The van der Waals surface area contributed by atoms with Crippen LogP contribution in [0.4, 0.5) is 0 Å². The van der Waals surface area contributed by atoms with E-state index in [1.807, 2.05) is 42.5 Å². The third-order valence-corrected chi connectivity index (χ3v) is 4.89. The molecule has 0 saturated heterocycles. The third kappa shape index (κ3) is 3.98. The molecule has 0 amide bonds. The van der Waals surface area contributed by atoms with Crippen molar-refractivity contribution >= 4 is 11.8 Å². The van der Waals surface area contributed by atoms with Crippen LogP contribution in [0.25, 0.3) is 22.9 Å². The number of rotatable bonds is 7. The van der Waals surface area contributed by atoms with Gasteiger partial charge in [-0.25, -0.2) is 4.98 Å². The van der Waals surface area contributed by atoms with Crippen LogP contribution in [0.5, 0.6) is 0 Å². The summed E-state index contributed by atoms with van der Waals surface area (Å²) < 4.78 is 13.5. The van der Waals surface area contributed by atoms with Crippen LogP contribution in [0.1, 0.15) is 19.7 Å². The van der Waals surface area contributed by atoms with E-state index in [1.54, 1.807) is 24.2 Å². The summed E-state index contributed by atoms with van der Waals surface area (Å²) in [6.07, 6.45) is 3.41. The molecule has 0 aliphatic carbocycles. The Balaban J connectivity index is 1.52. The Hall–Kier alpha value is -2.80. The summed E-state index contributed by atoms with van der Waals surface area (Å²) in [5.41, 5.74) is 1.02. The fraction of sp³-hybridized carbons (Fsp3) is 0.250. The number of oxazole rings is 1. The molecule has 0 unspecified atom stereocenters. The van der Waals surface area contributed by atoms with Gasteiger partial charge in [0.2, 0.25) is 5.89 Å². The van der Waals surface area contributed by atoms with E-state index in [1.165, 1.54) is 0 Å². The molecule has 0 spiro atoms. The minimum atomic E-state index is 0.459. The van der Waals surface area contributed by atoms with Crippen LogP contribution in [0.15, 0.2) is 68.9 Å². The highest BCUT2D eigenvalue weighted by molar-refractivity contribution is 7.98. The summed E-state index contributed by atoms with van der Waals surface area (Å²) in [5, 5.41) is 9.50. The van der Waals surface area contributed by atoms with E-state index in [2.05, 4.69) is 33.6 Å². The number of benzene rings is 1. The monoisotopic (exact) mass is 380 g/mol. The van der Waals surface area contributed by atoms with Crippen molar-refractivity contribution in [1.82, 2.24) is 19.7 Å². The van der Waals surface area contributed by atoms with Gasteiger partial charge in [0.15, 0.2) is 22.5 Å². The van der Waals surface area contributed by atoms with Gasteiger partial charge in [0.1, 0.15) is 0 Å². The Labute approximate surface area is 161 Å². The van der Waals surface area contributed by atoms with Crippen molar-refractivity contribution in [1.29, 1.82) is 0 Å². The molecule has 1 aromatic carbocycles. The zero-order chi connectivity index (χ0) is 18.6. The molecule has 3 heterocycles. The van der Waals surface area contributed by atoms with Gasteiger partial charge in [-0.3, -0.25) is 4.57 Å². The lowest BCUT2D eigenvalue weighted by Gasteiger charge is -2.10. The van der Waals surface area contributed by atoms with Crippen molar-refractivity contribution < 1.29 is 8.83 Å². The van der Waals surface area contributed by atoms with Gasteiger partial charge in [-0.15, -0.1) is 10.2 Å². The van der Waals surface area contributed by atoms with Crippen LogP contribution in [0, 0.1) is 5.92 Å². The Morgan fingerprint density at radius 2 is 1.89 bits per heavy atom. The molecule has 138 valence electrons. The van der Waals surface area contributed by atoms with Gasteiger partial charge in [-0.1, -0.05) is 55.9 Å². The van der Waals surface area contributed by atoms with Gasteiger partial charge in [0, 0.05) is 12.1 Å². The lowest BCUT2D eigenvalue weighted by molar-refractivity contribution is 0.488. The molecule has 0 fully saturated rings. The number of aromatic nitrogens is 4. The number of furan rings is 1. The predicted molar refractivity (Wildman–Crippen MR) is 104 cm³/mol. The fourth-order valence-corrected chi connectivity index (χ4v) is 3.55. The van der Waals surface area contributed by atoms with Crippen molar-refractivity contribution in [2.24, 2.45) is 5.92 Å². The number of nitrogens with zero attached hydrogens (tertiary/aromatic N) is 4. The predicted octanol–water partition coefficient (Wildman–Crippen LogP) is 5.14. The highest BCUT2D eigenvalue weighted by Crippen LogP contribution is 2.28. The normalized spacial score (nSPS) is 11.4. The van der Waals surface area contributed by atoms with Gasteiger partial charge in [-0.05, 0) is 18.1 Å². The molecule has 27 heavy (non-hydrogen) atoms. The summed E-state index contributed by atoms with van der Waals surface area (Å²) in [4.78, 5) is 4.39. The van der Waals surface area contributed by atoms with Gasteiger partial charge in [0.25, 0.3) is 0 Å². The van der Waals surface area contributed by atoms with E-state index < -0.39 is 0 Å². The summed E-state index contributed by atoms with van der Waals surface area (Å²) in [6, 6.07) is 13.7. The molecule has 6 nitrogen and oxygen atoms in total. The topological polar surface area (TPSA) is 69.9 Å². The third-order valence-electron chi connectivity index (χ3n) is 3.94. The molecule has 4 rings (SSSR count). The second-order valence-electron chi connectivity index (χ2n) is 6.56. The molecular weight excluding hydrogens is 360 g/mol. The van der Waals surface area contributed by atoms with E-state index in [0.29, 0.717) is 17.6 Å². The summed E-state index contributed by atoms with van der Waals surface area (Å²) >= 11 is 1.56. The Kier molecular flexibility index (Phi) is 5.11. The molecule has 0 saturated carbocycles. The van der Waals surface area contributed by atoms with E-state index in [9.17, 15) is 0 Å². The molecule has 0 aliphatic rings. The Morgan fingerprint density at radius 1 is 1.04 bits per heavy atom. The van der Waals surface area contributed by atoms with Crippen LogP contribution in [0.3, 0.4) is 0 Å². The lowest BCUT2D eigenvalue weighted by atomic mass is 10.2. The molecule has 4 aromatic rings. The van der Waals surface area contributed by atoms with Crippen LogP contribution in [0.2, 0.25) is 0 Å². The first kappa shape index (κ1) is 17.6. The van der Waals surface area contributed by atoms with Crippen LogP contribution < -0.4 is 0 Å². The number of thioether (sulfide) groups is 1. The highest BCUT2D eigenvalue weighted by atomic mass is 32.2. The van der Waals surface area contributed by atoms with Crippen LogP contribution in [-0.4, -0.2) is 19.7 Å². The first-order valence-electron chi connectivity index (χ1n) is 8.80. The first-order valence-corrected chi connectivity index (χ1v) is 9.79. The summed E-state index contributed by atoms with van der Waals surface area (Å²) in [5.74, 6) is 3.94. The second kappa shape index (κ2) is 7.84. The highest BCUT2D eigenvalue weighted by Gasteiger charge is 2.18. The van der Waals surface area contributed by atoms with Crippen molar-refractivity contribution in [3.8, 4) is 22.9 Å². The average Bonchev–Trinajstić information content (AvgIpc) is 3.41. The van der Waals surface area contributed by atoms with E-state index >= 15 is 0 Å². The fourth-order valence-electron chi connectivity index (χ4n) is 2.75. The van der Waals surface area contributed by atoms with E-state index in [4.69, 9.17) is 8.83 Å². The largest absolute Gasteiger partial charge is 0.461 e. The zero-order valence-electron chi connectivity index (χ0n) is 15.2. The molecule has 0 N–H and O–H groups in total. The van der Waals surface area contributed by atoms with Gasteiger partial charge in [0.05, 0.1) is 18.2 Å². The van der Waals surface area contributed by atoms with Gasteiger partial charge < -0.3 is 8.83 Å². The van der Waals surface area contributed by atoms with Crippen LogP contribution >= 0.6 is 11.8 Å². The number of hydrogen-bond donors (Lipinski definition) is 0. The van der Waals surface area contributed by atoms with E-state index in [-0.39, 0.29) is 0 Å². The number of hydrogen-bond acceptors (Lipinski definition) is 6. The average molecular weight is 380 g/mol. The first-order chi connectivity index (χ1) is 13.2. The zero-order valence-corrected chi connectivity index (χ0v) is 16.0. The molecule has 0 radical (unpaired) electrons. The Bertz CT molecular complexity index is 990. The molecule has 0 bridgehead atoms. The molecule has 3 aromatic heterocycles. The lowest BCUT2D eigenvalue weighted by Crippen LogP contribution is -2.07. The molecular formula is C20H20N4O2S. The maximum Gasteiger partial charge on any atom is 0.205 e. The van der Waals surface area contributed by atoms with Crippen LogP contribution in [-0.2, 0) is 12.3 Å². The van der Waals surface area contributed by atoms with Crippen molar-refractivity contribution in [3.05, 3.63) is 60.8 Å². The van der Waals surface area contributed by atoms with Gasteiger partial charge in [-0.2, -0.15) is 0 Å². The second-order valence-corrected chi connectivity index (χ2v) is 7.50. The van der Waals surface area contributed by atoms with Gasteiger partial charge >= 0.3 is 0 Å². The standard InChI is InChI=1S/C20H20N4O2S/c1-14(2)12-24-19(16-9-6-10-25-16)22-23-20(24)27-13-18-21-11-17(26-18)15-7-4-3-5-8-15/h3-11,14H,12-13H2,1-2H3. The smallest absolute Gasteiger partial charge is 0.205 e.